The SMILES string of the molecule is Cc1cc(S(=O)(=O)c2cc(C)c(O)c(CO)c2)cc(CO)c1O. The molecule has 0 unspecified atom stereocenters. The number of benzene rings is 2. The molecule has 0 aliphatic carbocycles. The molecular formula is C16H18O6S. The van der Waals surface area contributed by atoms with Crippen LogP contribution in [0.3, 0.4) is 0 Å². The lowest BCUT2D eigenvalue weighted by Crippen LogP contribution is -2.05. The second-order valence-corrected chi connectivity index (χ2v) is 7.27. The Hall–Kier alpha value is -2.09. The Kier molecular flexibility index (Phi) is 4.65. The van der Waals surface area contributed by atoms with Crippen molar-refractivity contribution in [1.82, 2.24) is 0 Å². The van der Waals surface area contributed by atoms with Crippen molar-refractivity contribution in [3.63, 3.8) is 0 Å². The van der Waals surface area contributed by atoms with Crippen molar-refractivity contribution in [3.05, 3.63) is 46.5 Å². The van der Waals surface area contributed by atoms with E-state index in [1.54, 1.807) is 0 Å². The maximum absolute atomic E-state index is 12.8. The first-order chi connectivity index (χ1) is 10.7. The minimum absolute atomic E-state index is 0.0779. The summed E-state index contributed by atoms with van der Waals surface area (Å²) < 4.78 is 25.5. The number of aliphatic hydroxyl groups excluding tert-OH is 2. The van der Waals surface area contributed by atoms with Crippen molar-refractivity contribution in [3.8, 4) is 11.5 Å². The Balaban J connectivity index is 2.68. The van der Waals surface area contributed by atoms with Crippen molar-refractivity contribution < 1.29 is 28.8 Å². The van der Waals surface area contributed by atoms with E-state index in [0.29, 0.717) is 11.1 Å². The third kappa shape index (κ3) is 3.03. The molecule has 23 heavy (non-hydrogen) atoms. The fourth-order valence-electron chi connectivity index (χ4n) is 2.32. The number of rotatable bonds is 4. The quantitative estimate of drug-likeness (QED) is 0.672. The van der Waals surface area contributed by atoms with Crippen LogP contribution >= 0.6 is 0 Å². The van der Waals surface area contributed by atoms with Crippen molar-refractivity contribution in [1.29, 1.82) is 0 Å². The normalized spacial score (nSPS) is 11.7. The maximum Gasteiger partial charge on any atom is 0.206 e. The van der Waals surface area contributed by atoms with Gasteiger partial charge in [0.25, 0.3) is 0 Å². The Morgan fingerprint density at radius 1 is 0.783 bits per heavy atom. The summed E-state index contributed by atoms with van der Waals surface area (Å²) in [6.45, 7) is 2.09. The van der Waals surface area contributed by atoms with Gasteiger partial charge in [0, 0.05) is 11.1 Å². The van der Waals surface area contributed by atoms with Crippen molar-refractivity contribution in [2.45, 2.75) is 36.9 Å². The van der Waals surface area contributed by atoms with Crippen LogP contribution in [0.5, 0.6) is 11.5 Å². The molecule has 7 heteroatoms. The molecule has 2 aromatic carbocycles. The number of hydrogen-bond acceptors (Lipinski definition) is 6. The smallest absolute Gasteiger partial charge is 0.206 e. The van der Waals surface area contributed by atoms with E-state index in [1.165, 1.54) is 38.1 Å². The average molecular weight is 338 g/mol. The molecule has 2 aromatic rings. The highest BCUT2D eigenvalue weighted by molar-refractivity contribution is 7.91. The molecule has 0 spiro atoms. The van der Waals surface area contributed by atoms with Gasteiger partial charge in [-0.05, 0) is 49.2 Å². The van der Waals surface area contributed by atoms with Crippen molar-refractivity contribution in [2.24, 2.45) is 0 Å². The Labute approximate surface area is 134 Å². The lowest BCUT2D eigenvalue weighted by molar-refractivity contribution is 0.274. The molecule has 0 fully saturated rings. The predicted molar refractivity (Wildman–Crippen MR) is 83.0 cm³/mol. The van der Waals surface area contributed by atoms with Gasteiger partial charge in [0.15, 0.2) is 0 Å². The molecule has 4 N–H and O–H groups in total. The fraction of sp³-hybridized carbons (Fsp3) is 0.250. The molecule has 0 heterocycles. The van der Waals surface area contributed by atoms with Crippen LogP contribution in [0.1, 0.15) is 22.3 Å². The summed E-state index contributed by atoms with van der Waals surface area (Å²) >= 11 is 0. The second-order valence-electron chi connectivity index (χ2n) is 5.32. The highest BCUT2D eigenvalue weighted by Crippen LogP contribution is 2.32. The van der Waals surface area contributed by atoms with E-state index in [2.05, 4.69) is 0 Å². The van der Waals surface area contributed by atoms with Gasteiger partial charge in [-0.25, -0.2) is 8.42 Å². The monoisotopic (exact) mass is 338 g/mol. The molecule has 0 atom stereocenters. The molecule has 0 aliphatic rings. The number of aliphatic hydroxyl groups is 2. The summed E-state index contributed by atoms with van der Waals surface area (Å²) in [7, 11) is -3.93. The van der Waals surface area contributed by atoms with Gasteiger partial charge in [0.05, 0.1) is 23.0 Å². The van der Waals surface area contributed by atoms with Gasteiger partial charge in [0.2, 0.25) is 9.84 Å². The van der Waals surface area contributed by atoms with Crippen LogP contribution in [0.4, 0.5) is 0 Å². The third-order valence-electron chi connectivity index (χ3n) is 3.67. The van der Waals surface area contributed by atoms with Gasteiger partial charge >= 0.3 is 0 Å². The van der Waals surface area contributed by atoms with Crippen LogP contribution in [-0.4, -0.2) is 28.8 Å². The summed E-state index contributed by atoms with van der Waals surface area (Å²) in [5, 5.41) is 38.1. The standard InChI is InChI=1S/C16H18O6S/c1-9-3-13(5-11(7-17)15(9)19)23(21,22)14-4-10(2)16(20)12(6-14)8-18/h3-6,17-20H,7-8H2,1-2H3. The van der Waals surface area contributed by atoms with Crippen LogP contribution in [0, 0.1) is 13.8 Å². The van der Waals surface area contributed by atoms with Gasteiger partial charge in [-0.1, -0.05) is 0 Å². The van der Waals surface area contributed by atoms with E-state index in [0.717, 1.165) is 0 Å². The van der Waals surface area contributed by atoms with Gasteiger partial charge in [-0.3, -0.25) is 0 Å². The zero-order chi connectivity index (χ0) is 17.4. The number of aromatic hydroxyl groups is 2. The molecule has 6 nitrogen and oxygen atoms in total. The summed E-state index contributed by atoms with van der Waals surface area (Å²) in [5.74, 6) is -0.297. The number of sulfone groups is 1. The fourth-order valence-corrected chi connectivity index (χ4v) is 3.85. The molecule has 2 rings (SSSR count). The van der Waals surface area contributed by atoms with Crippen LogP contribution in [0.15, 0.2) is 34.1 Å². The Morgan fingerprint density at radius 2 is 1.13 bits per heavy atom. The first kappa shape index (κ1) is 17.3. The Morgan fingerprint density at radius 3 is 1.43 bits per heavy atom. The van der Waals surface area contributed by atoms with Crippen LogP contribution in [0.25, 0.3) is 0 Å². The van der Waals surface area contributed by atoms with Gasteiger partial charge in [-0.2, -0.15) is 0 Å². The highest BCUT2D eigenvalue weighted by atomic mass is 32.2. The summed E-state index contributed by atoms with van der Waals surface area (Å²) in [6, 6.07) is 5.03. The van der Waals surface area contributed by atoms with E-state index in [-0.39, 0.29) is 32.4 Å². The van der Waals surface area contributed by atoms with E-state index in [9.17, 15) is 28.8 Å². The van der Waals surface area contributed by atoms with Crippen molar-refractivity contribution in [2.75, 3.05) is 0 Å². The van der Waals surface area contributed by atoms with Crippen molar-refractivity contribution >= 4 is 9.84 Å². The zero-order valence-corrected chi connectivity index (χ0v) is 13.6. The van der Waals surface area contributed by atoms with Gasteiger partial charge in [0.1, 0.15) is 11.5 Å². The molecular weight excluding hydrogens is 320 g/mol. The zero-order valence-electron chi connectivity index (χ0n) is 12.7. The maximum atomic E-state index is 12.8. The van der Waals surface area contributed by atoms with E-state index in [1.807, 2.05) is 0 Å². The molecule has 0 saturated carbocycles. The number of aryl methyl sites for hydroxylation is 2. The molecule has 0 saturated heterocycles. The van der Waals surface area contributed by atoms with Crippen LogP contribution < -0.4 is 0 Å². The number of phenols is 2. The first-order valence-electron chi connectivity index (χ1n) is 6.84. The summed E-state index contributed by atoms with van der Waals surface area (Å²) in [4.78, 5) is -0.156. The third-order valence-corrected chi connectivity index (χ3v) is 5.38. The van der Waals surface area contributed by atoms with E-state index in [4.69, 9.17) is 0 Å². The van der Waals surface area contributed by atoms with Crippen LogP contribution in [0.2, 0.25) is 0 Å². The Bertz CT molecular complexity index is 790. The lowest BCUT2D eigenvalue weighted by Gasteiger charge is -2.12. The predicted octanol–water partition coefficient (Wildman–Crippen LogP) is 1.53. The van der Waals surface area contributed by atoms with E-state index < -0.39 is 23.1 Å². The minimum Gasteiger partial charge on any atom is -0.507 e. The minimum atomic E-state index is -3.93. The molecule has 0 aromatic heterocycles. The topological polar surface area (TPSA) is 115 Å². The van der Waals surface area contributed by atoms with E-state index >= 15 is 0 Å². The highest BCUT2D eigenvalue weighted by Gasteiger charge is 2.22. The molecule has 0 bridgehead atoms. The molecule has 0 radical (unpaired) electrons. The molecule has 0 amide bonds. The first-order valence-corrected chi connectivity index (χ1v) is 8.32. The summed E-state index contributed by atoms with van der Waals surface area (Å²) in [6.07, 6.45) is 0. The van der Waals surface area contributed by atoms with Gasteiger partial charge < -0.3 is 20.4 Å². The second kappa shape index (κ2) is 6.19. The largest absolute Gasteiger partial charge is 0.507 e. The lowest BCUT2D eigenvalue weighted by atomic mass is 10.1. The number of hydrogen-bond donors (Lipinski definition) is 4. The van der Waals surface area contributed by atoms with Gasteiger partial charge in [-0.15, -0.1) is 0 Å². The van der Waals surface area contributed by atoms with Crippen LogP contribution in [-0.2, 0) is 23.1 Å². The molecule has 124 valence electrons. The summed E-state index contributed by atoms with van der Waals surface area (Å²) in [5.41, 5.74) is 0.879. The molecule has 0 aliphatic heterocycles. The average Bonchev–Trinajstić information content (AvgIpc) is 2.52.